The Balaban J connectivity index is 4.15. The Morgan fingerprint density at radius 3 is 2.05 bits per heavy atom. The van der Waals surface area contributed by atoms with Gasteiger partial charge in [-0.05, 0) is 30.5 Å². The molecule has 0 aromatic heterocycles. The predicted octanol–water partition coefficient (Wildman–Crippen LogP) is 5.36. The largest absolute Gasteiger partial charge is 0.494 e. The summed E-state index contributed by atoms with van der Waals surface area (Å²) in [6, 6.07) is 2.92. The molecule has 0 saturated heterocycles. The van der Waals surface area contributed by atoms with E-state index in [-0.39, 0.29) is 0 Å². The molecule has 0 aliphatic heterocycles. The topological polar surface area (TPSA) is 35.5 Å². The van der Waals surface area contributed by atoms with Crippen molar-refractivity contribution in [2.24, 2.45) is 5.92 Å². The van der Waals surface area contributed by atoms with Gasteiger partial charge >= 0.3 is 6.16 Å². The van der Waals surface area contributed by atoms with Crippen LogP contribution in [0.15, 0.2) is 0 Å². The van der Waals surface area contributed by atoms with Gasteiger partial charge in [-0.1, -0.05) is 53.9 Å². The predicted molar refractivity (Wildman–Crippen MR) is 82.9 cm³/mol. The van der Waals surface area contributed by atoms with Crippen LogP contribution in [0.25, 0.3) is 0 Å². The molecule has 0 aromatic carbocycles. The molecular weight excluding hydrogens is 256 g/mol. The number of carbonyl (C=O) groups is 1. The van der Waals surface area contributed by atoms with Crippen LogP contribution < -0.4 is 0 Å². The summed E-state index contributed by atoms with van der Waals surface area (Å²) in [6.07, 6.45) is 4.16. The fourth-order valence-corrected chi connectivity index (χ4v) is 4.60. The highest BCUT2D eigenvalue weighted by Gasteiger charge is 2.33. The van der Waals surface area contributed by atoms with E-state index in [0.29, 0.717) is 12.5 Å². The summed E-state index contributed by atoms with van der Waals surface area (Å²) in [4.78, 5) is 11.8. The SMILES string of the molecule is CCCCC(CC)COC(=O)O[Si](CC)(CC)CC. The van der Waals surface area contributed by atoms with Crippen LogP contribution >= 0.6 is 0 Å². The Labute approximate surface area is 120 Å². The highest BCUT2D eigenvalue weighted by Crippen LogP contribution is 2.22. The first-order chi connectivity index (χ1) is 9.07. The molecule has 3 nitrogen and oxygen atoms in total. The van der Waals surface area contributed by atoms with Gasteiger partial charge in [0.25, 0.3) is 8.32 Å². The monoisotopic (exact) mass is 288 g/mol. The average molecular weight is 289 g/mol. The van der Waals surface area contributed by atoms with Crippen molar-refractivity contribution in [3.05, 3.63) is 0 Å². The fraction of sp³-hybridized carbons (Fsp3) is 0.933. The highest BCUT2D eigenvalue weighted by molar-refractivity contribution is 6.74. The molecule has 0 saturated carbocycles. The maximum absolute atomic E-state index is 11.8. The highest BCUT2D eigenvalue weighted by atomic mass is 28.4. The lowest BCUT2D eigenvalue weighted by Gasteiger charge is -2.27. The van der Waals surface area contributed by atoms with Crippen molar-refractivity contribution < 1.29 is 14.0 Å². The molecule has 114 valence electrons. The van der Waals surface area contributed by atoms with Gasteiger partial charge in [0, 0.05) is 0 Å². The Hall–Kier alpha value is -0.513. The molecule has 0 rings (SSSR count). The van der Waals surface area contributed by atoms with Gasteiger partial charge in [0.15, 0.2) is 0 Å². The third-order valence-corrected chi connectivity index (χ3v) is 8.68. The lowest BCUT2D eigenvalue weighted by Crippen LogP contribution is -2.38. The quantitative estimate of drug-likeness (QED) is 0.401. The minimum Gasteiger partial charge on any atom is -0.489 e. The standard InChI is InChI=1S/C15H32O3Si/c1-6-11-12-14(7-2)13-17-15(16)18-19(8-3,9-4)10-5/h14H,6-13H2,1-5H3. The lowest BCUT2D eigenvalue weighted by molar-refractivity contribution is 0.0780. The molecular formula is C15H32O3Si. The number of hydrogen-bond acceptors (Lipinski definition) is 3. The molecule has 1 unspecified atom stereocenters. The number of rotatable bonds is 10. The van der Waals surface area contributed by atoms with Crippen molar-refractivity contribution in [2.45, 2.75) is 78.4 Å². The van der Waals surface area contributed by atoms with Crippen LogP contribution in [0.5, 0.6) is 0 Å². The zero-order valence-electron chi connectivity index (χ0n) is 13.5. The van der Waals surface area contributed by atoms with Crippen LogP contribution in [0.1, 0.15) is 60.3 Å². The molecule has 0 aliphatic carbocycles. The molecule has 0 radical (unpaired) electrons. The fourth-order valence-electron chi connectivity index (χ4n) is 2.26. The molecule has 0 aromatic rings. The molecule has 0 spiro atoms. The van der Waals surface area contributed by atoms with Gasteiger partial charge in [0.2, 0.25) is 0 Å². The number of ether oxygens (including phenoxy) is 1. The van der Waals surface area contributed by atoms with E-state index in [4.69, 9.17) is 9.16 Å². The van der Waals surface area contributed by atoms with Gasteiger partial charge in [0.1, 0.15) is 0 Å². The Morgan fingerprint density at radius 2 is 1.63 bits per heavy atom. The summed E-state index contributed by atoms with van der Waals surface area (Å²) in [5.41, 5.74) is 0. The van der Waals surface area contributed by atoms with Gasteiger partial charge in [-0.2, -0.15) is 0 Å². The van der Waals surface area contributed by atoms with Crippen LogP contribution in [0.4, 0.5) is 4.79 Å². The van der Waals surface area contributed by atoms with Crippen molar-refractivity contribution >= 4 is 14.5 Å². The van der Waals surface area contributed by atoms with E-state index in [1.54, 1.807) is 0 Å². The number of unbranched alkanes of at least 4 members (excludes halogenated alkanes) is 1. The van der Waals surface area contributed by atoms with E-state index in [1.165, 1.54) is 12.8 Å². The van der Waals surface area contributed by atoms with Gasteiger partial charge < -0.3 is 9.16 Å². The maximum Gasteiger partial charge on any atom is 0.494 e. The normalized spacial score (nSPS) is 13.1. The van der Waals surface area contributed by atoms with Crippen LogP contribution in [-0.4, -0.2) is 21.1 Å². The van der Waals surface area contributed by atoms with Crippen molar-refractivity contribution in [3.8, 4) is 0 Å². The van der Waals surface area contributed by atoms with Crippen molar-refractivity contribution in [2.75, 3.05) is 6.61 Å². The van der Waals surface area contributed by atoms with Crippen molar-refractivity contribution in [1.82, 2.24) is 0 Å². The molecule has 19 heavy (non-hydrogen) atoms. The first-order valence-corrected chi connectivity index (χ1v) is 10.5. The van der Waals surface area contributed by atoms with Crippen LogP contribution in [0.2, 0.25) is 18.1 Å². The zero-order valence-corrected chi connectivity index (χ0v) is 14.5. The maximum atomic E-state index is 11.8. The Kier molecular flexibility index (Phi) is 10.0. The summed E-state index contributed by atoms with van der Waals surface area (Å²) in [5, 5.41) is 0. The zero-order chi connectivity index (χ0) is 14.7. The third-order valence-electron chi connectivity index (χ3n) is 4.21. The van der Waals surface area contributed by atoms with E-state index < -0.39 is 14.5 Å². The second-order valence-electron chi connectivity index (χ2n) is 5.32. The smallest absolute Gasteiger partial charge is 0.489 e. The molecule has 0 heterocycles. The molecule has 0 amide bonds. The van der Waals surface area contributed by atoms with E-state index in [9.17, 15) is 4.79 Å². The van der Waals surface area contributed by atoms with Crippen LogP contribution in [-0.2, 0) is 9.16 Å². The summed E-state index contributed by atoms with van der Waals surface area (Å²) >= 11 is 0. The number of hydrogen-bond donors (Lipinski definition) is 0. The molecule has 4 heteroatoms. The molecule has 0 aliphatic rings. The average Bonchev–Trinajstić information content (AvgIpc) is 2.45. The van der Waals surface area contributed by atoms with Crippen molar-refractivity contribution in [3.63, 3.8) is 0 Å². The second kappa shape index (κ2) is 10.3. The Bertz CT molecular complexity index is 231. The summed E-state index contributed by atoms with van der Waals surface area (Å²) < 4.78 is 11.0. The second-order valence-corrected chi connectivity index (χ2v) is 10.0. The van der Waals surface area contributed by atoms with E-state index in [0.717, 1.165) is 31.0 Å². The minimum atomic E-state index is -1.86. The van der Waals surface area contributed by atoms with Crippen LogP contribution in [0.3, 0.4) is 0 Å². The summed E-state index contributed by atoms with van der Waals surface area (Å²) in [7, 11) is -1.86. The van der Waals surface area contributed by atoms with Gasteiger partial charge in [0.05, 0.1) is 6.61 Å². The van der Waals surface area contributed by atoms with Gasteiger partial charge in [-0.15, -0.1) is 0 Å². The molecule has 1 atom stereocenters. The molecule has 0 bridgehead atoms. The van der Waals surface area contributed by atoms with E-state index in [1.807, 2.05) is 0 Å². The van der Waals surface area contributed by atoms with E-state index in [2.05, 4.69) is 34.6 Å². The Morgan fingerprint density at radius 1 is 1.05 bits per heavy atom. The first-order valence-electron chi connectivity index (χ1n) is 7.93. The molecule has 0 fully saturated rings. The lowest BCUT2D eigenvalue weighted by atomic mass is 10.0. The van der Waals surface area contributed by atoms with Gasteiger partial charge in [-0.25, -0.2) is 4.79 Å². The van der Waals surface area contributed by atoms with E-state index >= 15 is 0 Å². The van der Waals surface area contributed by atoms with Crippen molar-refractivity contribution in [1.29, 1.82) is 0 Å². The first kappa shape index (κ1) is 18.5. The summed E-state index contributed by atoms with van der Waals surface area (Å²) in [6.45, 7) is 11.2. The van der Waals surface area contributed by atoms with Gasteiger partial charge in [-0.3, -0.25) is 0 Å². The van der Waals surface area contributed by atoms with Crippen LogP contribution in [0, 0.1) is 5.92 Å². The summed E-state index contributed by atoms with van der Waals surface area (Å²) in [5.74, 6) is 0.480. The third kappa shape index (κ3) is 6.99. The minimum absolute atomic E-state index is 0.438. The number of carbonyl (C=O) groups excluding carboxylic acids is 1. The molecule has 0 N–H and O–H groups in total.